The standard InChI is InChI=1S/C22H24N2O4S/c25-22-20-16-18(23-29(26,27)15-12-17-6-2-1-3-7-17)9-10-21(20)28-14-11-19-8-4-5-13-24(19)22/h1-3,6-7,9-10,12,15-16,19,23H,4-5,8,11,13-14H2/b15-12+/t19-/m0/s1. The minimum absolute atomic E-state index is 0.0923. The number of carbonyl (C=O) groups excluding carboxylic acids is 1. The smallest absolute Gasteiger partial charge is 0.257 e. The van der Waals surface area contributed by atoms with Crippen molar-refractivity contribution in [3.8, 4) is 5.75 Å². The van der Waals surface area contributed by atoms with Crippen LogP contribution in [0.15, 0.2) is 53.9 Å². The van der Waals surface area contributed by atoms with Gasteiger partial charge in [-0.25, -0.2) is 8.42 Å². The molecule has 1 fully saturated rings. The molecule has 29 heavy (non-hydrogen) atoms. The zero-order valence-corrected chi connectivity index (χ0v) is 16.9. The molecule has 0 aliphatic carbocycles. The van der Waals surface area contributed by atoms with E-state index in [9.17, 15) is 13.2 Å². The van der Waals surface area contributed by atoms with Gasteiger partial charge >= 0.3 is 0 Å². The Morgan fingerprint density at radius 3 is 2.72 bits per heavy atom. The van der Waals surface area contributed by atoms with Crippen LogP contribution in [-0.2, 0) is 10.0 Å². The van der Waals surface area contributed by atoms with Crippen LogP contribution in [0.25, 0.3) is 6.08 Å². The largest absolute Gasteiger partial charge is 0.493 e. The first-order valence-corrected chi connectivity index (χ1v) is 11.4. The van der Waals surface area contributed by atoms with E-state index < -0.39 is 10.0 Å². The highest BCUT2D eigenvalue weighted by molar-refractivity contribution is 7.95. The second-order valence-corrected chi connectivity index (χ2v) is 8.92. The molecule has 4 rings (SSSR count). The highest BCUT2D eigenvalue weighted by atomic mass is 32.2. The number of benzene rings is 2. The van der Waals surface area contributed by atoms with Gasteiger partial charge in [0.15, 0.2) is 0 Å². The number of piperidine rings is 1. The summed E-state index contributed by atoms with van der Waals surface area (Å²) in [6.45, 7) is 1.28. The topological polar surface area (TPSA) is 75.7 Å². The number of anilines is 1. The van der Waals surface area contributed by atoms with E-state index in [0.29, 0.717) is 23.6 Å². The molecule has 0 saturated carbocycles. The van der Waals surface area contributed by atoms with Crippen LogP contribution in [0.2, 0.25) is 0 Å². The predicted octanol–water partition coefficient (Wildman–Crippen LogP) is 3.88. The number of hydrogen-bond acceptors (Lipinski definition) is 4. The molecule has 2 aliphatic heterocycles. The molecule has 1 N–H and O–H groups in total. The number of fused-ring (bicyclic) bond motifs is 2. The second-order valence-electron chi connectivity index (χ2n) is 7.36. The van der Waals surface area contributed by atoms with E-state index in [1.165, 1.54) is 6.08 Å². The molecule has 0 unspecified atom stereocenters. The average molecular weight is 413 g/mol. The molecule has 2 aromatic rings. The molecule has 6 nitrogen and oxygen atoms in total. The summed E-state index contributed by atoms with van der Waals surface area (Å²) in [5.74, 6) is 0.409. The lowest BCUT2D eigenvalue weighted by molar-refractivity contribution is 0.0548. The summed E-state index contributed by atoms with van der Waals surface area (Å²) >= 11 is 0. The van der Waals surface area contributed by atoms with Crippen molar-refractivity contribution in [1.82, 2.24) is 4.90 Å². The number of nitrogens with one attached hydrogen (secondary N) is 1. The molecular formula is C22H24N2O4S. The molecule has 0 spiro atoms. The molecule has 0 bridgehead atoms. The number of hydrogen-bond donors (Lipinski definition) is 1. The summed E-state index contributed by atoms with van der Waals surface area (Å²) in [4.78, 5) is 15.0. The fourth-order valence-corrected chi connectivity index (χ4v) is 4.70. The first kappa shape index (κ1) is 19.5. The molecular weight excluding hydrogens is 388 g/mol. The summed E-state index contributed by atoms with van der Waals surface area (Å²) in [5, 5.41) is 1.12. The van der Waals surface area contributed by atoms with Gasteiger partial charge in [0.05, 0.1) is 17.6 Å². The van der Waals surface area contributed by atoms with Crippen LogP contribution in [0.5, 0.6) is 5.75 Å². The minimum atomic E-state index is -3.71. The van der Waals surface area contributed by atoms with Crippen molar-refractivity contribution in [3.05, 3.63) is 65.1 Å². The van der Waals surface area contributed by atoms with E-state index in [1.54, 1.807) is 18.2 Å². The van der Waals surface area contributed by atoms with Gasteiger partial charge in [-0.2, -0.15) is 0 Å². The maximum Gasteiger partial charge on any atom is 0.257 e. The first-order chi connectivity index (χ1) is 14.0. The number of amides is 1. The van der Waals surface area contributed by atoms with E-state index >= 15 is 0 Å². The lowest BCUT2D eigenvalue weighted by Gasteiger charge is -2.37. The van der Waals surface area contributed by atoms with Crippen molar-refractivity contribution in [1.29, 1.82) is 0 Å². The van der Waals surface area contributed by atoms with Crippen LogP contribution in [0.4, 0.5) is 5.69 Å². The summed E-state index contributed by atoms with van der Waals surface area (Å²) in [6.07, 6.45) is 5.46. The third-order valence-electron chi connectivity index (χ3n) is 5.31. The quantitative estimate of drug-likeness (QED) is 0.827. The Morgan fingerprint density at radius 2 is 1.90 bits per heavy atom. The third kappa shape index (κ3) is 4.62. The summed E-state index contributed by atoms with van der Waals surface area (Å²) < 4.78 is 33.2. The zero-order chi connectivity index (χ0) is 20.3. The third-order valence-corrected chi connectivity index (χ3v) is 6.32. The summed E-state index contributed by atoms with van der Waals surface area (Å²) in [6, 6.07) is 14.2. The SMILES string of the molecule is O=C1c2cc(NS(=O)(=O)/C=C/c3ccccc3)ccc2OCC[C@@H]2CCCCN12. The molecule has 1 atom stereocenters. The molecule has 2 heterocycles. The van der Waals surface area contributed by atoms with Gasteiger partial charge in [0, 0.05) is 24.7 Å². The fraction of sp³-hybridized carbons (Fsp3) is 0.318. The van der Waals surface area contributed by atoms with Crippen molar-refractivity contribution in [2.45, 2.75) is 31.7 Å². The molecule has 2 aliphatic rings. The molecule has 2 aromatic carbocycles. The Balaban J connectivity index is 1.57. The van der Waals surface area contributed by atoms with Gasteiger partial charge in [0.1, 0.15) is 5.75 Å². The number of rotatable bonds is 4. The van der Waals surface area contributed by atoms with Crippen molar-refractivity contribution in [2.24, 2.45) is 0 Å². The number of nitrogens with zero attached hydrogens (tertiary/aromatic N) is 1. The van der Waals surface area contributed by atoms with Crippen molar-refractivity contribution < 1.29 is 17.9 Å². The van der Waals surface area contributed by atoms with Crippen molar-refractivity contribution in [2.75, 3.05) is 17.9 Å². The van der Waals surface area contributed by atoms with Gasteiger partial charge in [0.25, 0.3) is 15.9 Å². The lowest BCUT2D eigenvalue weighted by atomic mass is 9.97. The van der Waals surface area contributed by atoms with E-state index in [-0.39, 0.29) is 11.9 Å². The highest BCUT2D eigenvalue weighted by Crippen LogP contribution is 2.31. The number of ether oxygens (including phenoxy) is 1. The maximum absolute atomic E-state index is 13.1. The molecule has 7 heteroatoms. The number of carbonyl (C=O) groups is 1. The fourth-order valence-electron chi connectivity index (χ4n) is 3.84. The van der Waals surface area contributed by atoms with Gasteiger partial charge in [0.2, 0.25) is 0 Å². The lowest BCUT2D eigenvalue weighted by Crippen LogP contribution is -2.45. The minimum Gasteiger partial charge on any atom is -0.493 e. The molecule has 1 saturated heterocycles. The Labute approximate surface area is 171 Å². The van der Waals surface area contributed by atoms with Gasteiger partial charge in [-0.1, -0.05) is 30.3 Å². The van der Waals surface area contributed by atoms with E-state index in [1.807, 2.05) is 35.2 Å². The molecule has 0 aromatic heterocycles. The van der Waals surface area contributed by atoms with E-state index in [0.717, 1.165) is 43.2 Å². The molecule has 1 amide bonds. The van der Waals surface area contributed by atoms with Crippen LogP contribution in [0.1, 0.15) is 41.6 Å². The Bertz CT molecular complexity index is 1020. The van der Waals surface area contributed by atoms with Crippen LogP contribution in [0, 0.1) is 0 Å². The van der Waals surface area contributed by atoms with Gasteiger partial charge < -0.3 is 9.64 Å². The van der Waals surface area contributed by atoms with Crippen LogP contribution < -0.4 is 9.46 Å². The molecule has 152 valence electrons. The Hall–Kier alpha value is -2.80. The first-order valence-electron chi connectivity index (χ1n) is 9.86. The zero-order valence-electron chi connectivity index (χ0n) is 16.1. The van der Waals surface area contributed by atoms with Crippen LogP contribution in [0.3, 0.4) is 0 Å². The van der Waals surface area contributed by atoms with Crippen LogP contribution >= 0.6 is 0 Å². The summed E-state index contributed by atoms with van der Waals surface area (Å²) in [5.41, 5.74) is 1.53. The summed E-state index contributed by atoms with van der Waals surface area (Å²) in [7, 11) is -3.71. The second kappa shape index (κ2) is 8.29. The van der Waals surface area contributed by atoms with Crippen LogP contribution in [-0.4, -0.2) is 38.4 Å². The van der Waals surface area contributed by atoms with E-state index in [4.69, 9.17) is 4.74 Å². The highest BCUT2D eigenvalue weighted by Gasteiger charge is 2.31. The van der Waals surface area contributed by atoms with Crippen molar-refractivity contribution >= 4 is 27.7 Å². The normalized spacial score (nSPS) is 19.7. The van der Waals surface area contributed by atoms with Gasteiger partial charge in [-0.3, -0.25) is 9.52 Å². The maximum atomic E-state index is 13.1. The molecule has 0 radical (unpaired) electrons. The van der Waals surface area contributed by atoms with Gasteiger partial charge in [-0.15, -0.1) is 0 Å². The number of sulfonamides is 1. The van der Waals surface area contributed by atoms with E-state index in [2.05, 4.69) is 4.72 Å². The predicted molar refractivity (Wildman–Crippen MR) is 113 cm³/mol. The van der Waals surface area contributed by atoms with Crippen molar-refractivity contribution in [3.63, 3.8) is 0 Å². The average Bonchev–Trinajstić information content (AvgIpc) is 2.73. The van der Waals surface area contributed by atoms with Gasteiger partial charge in [-0.05, 0) is 49.1 Å². The Kier molecular flexibility index (Phi) is 5.58. The Morgan fingerprint density at radius 1 is 1.07 bits per heavy atom. The monoisotopic (exact) mass is 412 g/mol.